The second kappa shape index (κ2) is 3.54. The van der Waals surface area contributed by atoms with E-state index in [0.717, 1.165) is 12.5 Å². The van der Waals surface area contributed by atoms with Crippen LogP contribution in [0.25, 0.3) is 0 Å². The van der Waals surface area contributed by atoms with Crippen molar-refractivity contribution in [1.29, 1.82) is 0 Å². The Hall–Kier alpha value is -0.760. The van der Waals surface area contributed by atoms with E-state index < -0.39 is 0 Å². The summed E-state index contributed by atoms with van der Waals surface area (Å²) in [6, 6.07) is 0. The van der Waals surface area contributed by atoms with Gasteiger partial charge in [0.2, 0.25) is 0 Å². The number of aromatic nitrogens is 1. The van der Waals surface area contributed by atoms with Gasteiger partial charge in [-0.3, -0.25) is 0 Å². The molecule has 0 spiro atoms. The minimum absolute atomic E-state index is 0.239. The molecule has 0 bridgehead atoms. The van der Waals surface area contributed by atoms with Gasteiger partial charge in [0.15, 0.2) is 0 Å². The van der Waals surface area contributed by atoms with Crippen LogP contribution < -0.4 is 0 Å². The molecule has 1 unspecified atom stereocenters. The maximum atomic E-state index is 8.81. The summed E-state index contributed by atoms with van der Waals surface area (Å²) in [6.45, 7) is 3.29. The molecule has 2 nitrogen and oxygen atoms in total. The molecule has 1 aliphatic carbocycles. The number of hydrogen-bond acceptors (Lipinski definition) is 1. The quantitative estimate of drug-likeness (QED) is 0.733. The summed E-state index contributed by atoms with van der Waals surface area (Å²) in [5.41, 5.74) is 2.98. The Labute approximate surface area is 79.2 Å². The van der Waals surface area contributed by atoms with E-state index in [0.29, 0.717) is 0 Å². The van der Waals surface area contributed by atoms with Crippen LogP contribution >= 0.6 is 0 Å². The second-order valence-corrected chi connectivity index (χ2v) is 4.12. The van der Waals surface area contributed by atoms with Crippen LogP contribution in [0.1, 0.15) is 24.5 Å². The second-order valence-electron chi connectivity index (χ2n) is 4.12. The van der Waals surface area contributed by atoms with Gasteiger partial charge in [-0.1, -0.05) is 6.92 Å². The maximum absolute atomic E-state index is 8.81. The lowest BCUT2D eigenvalue weighted by atomic mass is 9.88. The van der Waals surface area contributed by atoms with E-state index in [-0.39, 0.29) is 6.61 Å². The third kappa shape index (κ3) is 1.78. The van der Waals surface area contributed by atoms with Crippen molar-refractivity contribution in [3.8, 4) is 0 Å². The summed E-state index contributed by atoms with van der Waals surface area (Å²) in [5, 5.41) is 8.81. The summed E-state index contributed by atoms with van der Waals surface area (Å²) in [7, 11) is 0. The molecule has 1 aliphatic rings. The zero-order chi connectivity index (χ0) is 9.26. The molecule has 0 aromatic carbocycles. The fourth-order valence-corrected chi connectivity index (χ4v) is 2.14. The van der Waals surface area contributed by atoms with Gasteiger partial charge in [0.25, 0.3) is 0 Å². The maximum Gasteiger partial charge on any atom is 0.0610 e. The fourth-order valence-electron chi connectivity index (χ4n) is 2.14. The minimum atomic E-state index is 0.239. The van der Waals surface area contributed by atoms with Crippen molar-refractivity contribution in [3.63, 3.8) is 0 Å². The molecule has 0 amide bonds. The van der Waals surface area contributed by atoms with E-state index in [2.05, 4.69) is 23.9 Å². The lowest BCUT2D eigenvalue weighted by Crippen LogP contribution is -2.08. The van der Waals surface area contributed by atoms with Gasteiger partial charge in [0.1, 0.15) is 0 Å². The average Bonchev–Trinajstić information content (AvgIpc) is 2.46. The molecular weight excluding hydrogens is 162 g/mol. The SMILES string of the molecule is CC1CCc2cn(CCO)cc2C1. The highest BCUT2D eigenvalue weighted by atomic mass is 16.3. The van der Waals surface area contributed by atoms with Gasteiger partial charge < -0.3 is 9.67 Å². The number of nitrogens with zero attached hydrogens (tertiary/aromatic N) is 1. The molecule has 72 valence electrons. The monoisotopic (exact) mass is 179 g/mol. The Morgan fingerprint density at radius 1 is 1.46 bits per heavy atom. The van der Waals surface area contributed by atoms with E-state index >= 15 is 0 Å². The number of aliphatic hydroxyl groups excluding tert-OH is 1. The van der Waals surface area contributed by atoms with Crippen molar-refractivity contribution in [2.45, 2.75) is 32.7 Å². The third-order valence-electron chi connectivity index (χ3n) is 2.89. The Bertz CT molecular complexity index is 290. The van der Waals surface area contributed by atoms with E-state index in [1.54, 1.807) is 0 Å². The first-order valence-corrected chi connectivity index (χ1v) is 5.08. The van der Waals surface area contributed by atoms with Gasteiger partial charge in [-0.25, -0.2) is 0 Å². The van der Waals surface area contributed by atoms with Crippen LogP contribution in [0.4, 0.5) is 0 Å². The molecule has 0 radical (unpaired) electrons. The topological polar surface area (TPSA) is 25.2 Å². The number of fused-ring (bicyclic) bond motifs is 1. The summed E-state index contributed by atoms with van der Waals surface area (Å²) in [5.74, 6) is 0.831. The number of hydrogen-bond donors (Lipinski definition) is 1. The van der Waals surface area contributed by atoms with Gasteiger partial charge >= 0.3 is 0 Å². The van der Waals surface area contributed by atoms with Crippen LogP contribution in [0.2, 0.25) is 0 Å². The molecule has 1 aromatic rings. The normalized spacial score (nSPS) is 21.5. The zero-order valence-electron chi connectivity index (χ0n) is 8.16. The van der Waals surface area contributed by atoms with Crippen LogP contribution in [-0.4, -0.2) is 16.3 Å². The minimum Gasteiger partial charge on any atom is -0.395 e. The van der Waals surface area contributed by atoms with Crippen molar-refractivity contribution in [2.75, 3.05) is 6.61 Å². The summed E-state index contributed by atoms with van der Waals surface area (Å²) in [4.78, 5) is 0. The lowest BCUT2D eigenvalue weighted by molar-refractivity contribution is 0.276. The van der Waals surface area contributed by atoms with Crippen LogP contribution in [-0.2, 0) is 19.4 Å². The summed E-state index contributed by atoms with van der Waals surface area (Å²) >= 11 is 0. The van der Waals surface area contributed by atoms with Gasteiger partial charge in [-0.05, 0) is 36.3 Å². The van der Waals surface area contributed by atoms with E-state index in [9.17, 15) is 0 Å². The molecule has 1 heterocycles. The van der Waals surface area contributed by atoms with E-state index in [1.165, 1.54) is 30.4 Å². The van der Waals surface area contributed by atoms with E-state index in [1.807, 2.05) is 0 Å². The molecular formula is C11H17NO. The Kier molecular flexibility index (Phi) is 2.40. The number of aliphatic hydroxyl groups is 1. The molecule has 2 heteroatoms. The van der Waals surface area contributed by atoms with E-state index in [4.69, 9.17) is 5.11 Å². The standard InChI is InChI=1S/C11H17NO/c1-9-2-3-10-7-12(4-5-13)8-11(10)6-9/h7-9,13H,2-6H2,1H3. The lowest BCUT2D eigenvalue weighted by Gasteiger charge is -2.17. The van der Waals surface area contributed by atoms with Crippen molar-refractivity contribution in [1.82, 2.24) is 4.57 Å². The summed E-state index contributed by atoms with van der Waals surface area (Å²) in [6.07, 6.45) is 8.14. The van der Waals surface area contributed by atoms with Crippen LogP contribution in [0.15, 0.2) is 12.4 Å². The molecule has 1 atom stereocenters. The van der Waals surface area contributed by atoms with Gasteiger partial charge in [-0.2, -0.15) is 0 Å². The Morgan fingerprint density at radius 2 is 2.23 bits per heavy atom. The highest BCUT2D eigenvalue weighted by molar-refractivity contribution is 5.27. The molecule has 0 fully saturated rings. The highest BCUT2D eigenvalue weighted by Gasteiger charge is 2.16. The van der Waals surface area contributed by atoms with Gasteiger partial charge in [-0.15, -0.1) is 0 Å². The highest BCUT2D eigenvalue weighted by Crippen LogP contribution is 2.25. The predicted octanol–water partition coefficient (Wildman–Crippen LogP) is 1.61. The first-order valence-electron chi connectivity index (χ1n) is 5.08. The van der Waals surface area contributed by atoms with Crippen LogP contribution in [0.3, 0.4) is 0 Å². The number of rotatable bonds is 2. The molecule has 0 saturated carbocycles. The molecule has 1 N–H and O–H groups in total. The molecule has 2 rings (SSSR count). The molecule has 13 heavy (non-hydrogen) atoms. The van der Waals surface area contributed by atoms with Gasteiger partial charge in [0.05, 0.1) is 6.61 Å². The summed E-state index contributed by atoms with van der Waals surface area (Å²) < 4.78 is 2.11. The van der Waals surface area contributed by atoms with Gasteiger partial charge in [0, 0.05) is 18.9 Å². The Balaban J connectivity index is 2.18. The van der Waals surface area contributed by atoms with Crippen molar-refractivity contribution in [3.05, 3.63) is 23.5 Å². The fraction of sp³-hybridized carbons (Fsp3) is 0.636. The third-order valence-corrected chi connectivity index (χ3v) is 2.89. The van der Waals surface area contributed by atoms with Crippen LogP contribution in [0.5, 0.6) is 0 Å². The molecule has 0 saturated heterocycles. The van der Waals surface area contributed by atoms with Crippen LogP contribution in [0, 0.1) is 5.92 Å². The first-order chi connectivity index (χ1) is 6.29. The Morgan fingerprint density at radius 3 is 3.00 bits per heavy atom. The molecule has 0 aliphatic heterocycles. The average molecular weight is 179 g/mol. The largest absolute Gasteiger partial charge is 0.395 e. The zero-order valence-corrected chi connectivity index (χ0v) is 8.16. The van der Waals surface area contributed by atoms with Crippen molar-refractivity contribution < 1.29 is 5.11 Å². The van der Waals surface area contributed by atoms with Crippen molar-refractivity contribution in [2.24, 2.45) is 5.92 Å². The predicted molar refractivity (Wildman–Crippen MR) is 52.7 cm³/mol. The smallest absolute Gasteiger partial charge is 0.0610 e. The molecule has 1 aromatic heterocycles. The van der Waals surface area contributed by atoms with Crippen molar-refractivity contribution >= 4 is 0 Å². The number of aryl methyl sites for hydroxylation is 1. The first kappa shape index (κ1) is 8.82.